The second-order valence-corrected chi connectivity index (χ2v) is 5.39. The standard InChI is InChI=1S/C17H12O3S/c1-2-9-20-17(18)14-11-21-16(12-6-4-3-5-7-12)15-13(14)8-10-19-15/h1,3-8,10H,9,11H2. The molecule has 104 valence electrons. The third-order valence-electron chi connectivity index (χ3n) is 3.13. The molecule has 0 fully saturated rings. The number of ether oxygens (including phenoxy) is 1. The topological polar surface area (TPSA) is 39.4 Å². The van der Waals surface area contributed by atoms with Crippen LogP contribution < -0.4 is 10.6 Å². The van der Waals surface area contributed by atoms with Gasteiger partial charge in [0.05, 0.1) is 16.7 Å². The van der Waals surface area contributed by atoms with Crippen LogP contribution >= 0.6 is 11.8 Å². The third kappa shape index (κ3) is 2.61. The summed E-state index contributed by atoms with van der Waals surface area (Å²) < 4.78 is 10.6. The average Bonchev–Trinajstić information content (AvgIpc) is 3.02. The van der Waals surface area contributed by atoms with Crippen molar-refractivity contribution in [3.05, 3.63) is 58.9 Å². The highest BCUT2D eigenvalue weighted by Gasteiger charge is 2.21. The van der Waals surface area contributed by atoms with Gasteiger partial charge in [-0.2, -0.15) is 0 Å². The summed E-state index contributed by atoms with van der Waals surface area (Å²) in [5, 5.41) is 0.787. The summed E-state index contributed by atoms with van der Waals surface area (Å²) in [5.41, 5.74) is 2.39. The number of terminal acetylenes is 1. The van der Waals surface area contributed by atoms with E-state index in [9.17, 15) is 4.79 Å². The van der Waals surface area contributed by atoms with E-state index < -0.39 is 0 Å². The number of hydrogen-bond donors (Lipinski definition) is 0. The van der Waals surface area contributed by atoms with Crippen LogP contribution in [0.15, 0.2) is 47.1 Å². The van der Waals surface area contributed by atoms with Crippen LogP contribution in [0.4, 0.5) is 0 Å². The lowest BCUT2D eigenvalue weighted by molar-refractivity contribution is -0.135. The fraction of sp³-hybridized carbons (Fsp3) is 0.118. The Kier molecular flexibility index (Phi) is 3.85. The van der Waals surface area contributed by atoms with Crippen molar-refractivity contribution in [2.24, 2.45) is 0 Å². The largest absolute Gasteiger partial charge is 0.463 e. The maximum Gasteiger partial charge on any atom is 0.336 e. The SMILES string of the molecule is C#CCOC(=O)C1=c2ccoc2=C(c2ccccc2)SC1. The molecule has 4 heteroatoms. The molecule has 1 aromatic carbocycles. The molecule has 2 aromatic rings. The second kappa shape index (κ2) is 5.94. The van der Waals surface area contributed by atoms with E-state index in [1.807, 2.05) is 30.3 Å². The van der Waals surface area contributed by atoms with Crippen LogP contribution in [-0.2, 0) is 9.53 Å². The highest BCUT2D eigenvalue weighted by Crippen LogP contribution is 2.28. The minimum Gasteiger partial charge on any atom is -0.463 e. The predicted molar refractivity (Wildman–Crippen MR) is 82.6 cm³/mol. The second-order valence-electron chi connectivity index (χ2n) is 4.41. The summed E-state index contributed by atoms with van der Waals surface area (Å²) in [7, 11) is 0. The fourth-order valence-corrected chi connectivity index (χ4v) is 3.33. The summed E-state index contributed by atoms with van der Waals surface area (Å²) in [4.78, 5) is 13.1. The minimum atomic E-state index is -0.379. The highest BCUT2D eigenvalue weighted by atomic mass is 32.2. The zero-order chi connectivity index (χ0) is 14.7. The number of carbonyl (C=O) groups excluding carboxylic acids is 1. The van der Waals surface area contributed by atoms with Gasteiger partial charge in [-0.15, -0.1) is 18.2 Å². The summed E-state index contributed by atoms with van der Waals surface area (Å²) in [5.74, 6) is 2.46. The summed E-state index contributed by atoms with van der Waals surface area (Å²) in [6.07, 6.45) is 6.71. The van der Waals surface area contributed by atoms with Crippen LogP contribution in [0.3, 0.4) is 0 Å². The molecular formula is C17H12O3S. The van der Waals surface area contributed by atoms with E-state index in [0.29, 0.717) is 16.7 Å². The predicted octanol–water partition coefficient (Wildman–Crippen LogP) is 1.51. The Morgan fingerprint density at radius 2 is 2.14 bits per heavy atom. The summed E-state index contributed by atoms with van der Waals surface area (Å²) in [6, 6.07) is 11.8. The number of hydrogen-bond acceptors (Lipinski definition) is 4. The quantitative estimate of drug-likeness (QED) is 0.636. The van der Waals surface area contributed by atoms with Crippen LogP contribution in [0.25, 0.3) is 10.5 Å². The van der Waals surface area contributed by atoms with Crippen LogP contribution in [0, 0.1) is 12.3 Å². The number of rotatable bonds is 3. The maximum atomic E-state index is 12.0. The first-order valence-corrected chi connectivity index (χ1v) is 7.39. The van der Waals surface area contributed by atoms with Crippen molar-refractivity contribution in [3.8, 4) is 12.3 Å². The Balaban J connectivity index is 2.14. The van der Waals surface area contributed by atoms with Crippen molar-refractivity contribution in [2.45, 2.75) is 0 Å². The molecule has 1 aromatic heterocycles. The number of benzene rings is 1. The van der Waals surface area contributed by atoms with Crippen molar-refractivity contribution < 1.29 is 13.9 Å². The first kappa shape index (κ1) is 13.6. The molecule has 3 nitrogen and oxygen atoms in total. The van der Waals surface area contributed by atoms with E-state index in [1.165, 1.54) is 0 Å². The lowest BCUT2D eigenvalue weighted by Gasteiger charge is -2.12. The van der Waals surface area contributed by atoms with E-state index in [1.54, 1.807) is 24.1 Å². The molecule has 0 saturated carbocycles. The molecule has 0 amide bonds. The lowest BCUT2D eigenvalue weighted by Crippen LogP contribution is -2.32. The molecule has 0 unspecified atom stereocenters. The summed E-state index contributed by atoms with van der Waals surface area (Å²) in [6.45, 7) is -0.0184. The molecule has 2 heterocycles. The Hall–Kier alpha value is -2.38. The van der Waals surface area contributed by atoms with Gasteiger partial charge in [-0.25, -0.2) is 4.79 Å². The van der Waals surface area contributed by atoms with Crippen molar-refractivity contribution in [2.75, 3.05) is 12.4 Å². The van der Waals surface area contributed by atoms with Crippen molar-refractivity contribution in [1.29, 1.82) is 0 Å². The number of esters is 1. The number of carbonyl (C=O) groups is 1. The lowest BCUT2D eigenvalue weighted by atomic mass is 10.1. The van der Waals surface area contributed by atoms with Crippen molar-refractivity contribution in [1.82, 2.24) is 0 Å². The first-order chi connectivity index (χ1) is 10.3. The molecular weight excluding hydrogens is 284 g/mol. The van der Waals surface area contributed by atoms with Crippen LogP contribution in [-0.4, -0.2) is 18.3 Å². The molecule has 3 rings (SSSR count). The van der Waals surface area contributed by atoms with Crippen LogP contribution in [0.1, 0.15) is 5.56 Å². The Bertz CT molecular complexity index is 825. The molecule has 0 N–H and O–H groups in total. The van der Waals surface area contributed by atoms with E-state index in [2.05, 4.69) is 5.92 Å². The molecule has 0 bridgehead atoms. The third-order valence-corrected chi connectivity index (χ3v) is 4.27. The molecule has 0 atom stereocenters. The summed E-state index contributed by atoms with van der Waals surface area (Å²) >= 11 is 1.57. The number of furan rings is 1. The molecule has 0 spiro atoms. The smallest absolute Gasteiger partial charge is 0.336 e. The Labute approximate surface area is 126 Å². The minimum absolute atomic E-state index is 0.0184. The van der Waals surface area contributed by atoms with Gasteiger partial charge < -0.3 is 9.15 Å². The number of fused-ring (bicyclic) bond motifs is 1. The average molecular weight is 296 g/mol. The van der Waals surface area contributed by atoms with Gasteiger partial charge in [0.2, 0.25) is 0 Å². The zero-order valence-electron chi connectivity index (χ0n) is 11.2. The zero-order valence-corrected chi connectivity index (χ0v) is 12.0. The highest BCUT2D eigenvalue weighted by molar-refractivity contribution is 8.08. The van der Waals surface area contributed by atoms with E-state index in [0.717, 1.165) is 15.7 Å². The Morgan fingerprint density at radius 1 is 1.33 bits per heavy atom. The van der Waals surface area contributed by atoms with Gasteiger partial charge in [0.25, 0.3) is 0 Å². The van der Waals surface area contributed by atoms with E-state index in [-0.39, 0.29) is 12.6 Å². The van der Waals surface area contributed by atoms with Gasteiger partial charge in [-0.05, 0) is 11.6 Å². The monoisotopic (exact) mass is 296 g/mol. The normalized spacial score (nSPS) is 13.5. The molecule has 0 radical (unpaired) electrons. The van der Waals surface area contributed by atoms with Gasteiger partial charge >= 0.3 is 5.97 Å². The molecule has 21 heavy (non-hydrogen) atoms. The maximum absolute atomic E-state index is 12.0. The van der Waals surface area contributed by atoms with Crippen molar-refractivity contribution in [3.63, 3.8) is 0 Å². The fourth-order valence-electron chi connectivity index (χ4n) is 2.18. The van der Waals surface area contributed by atoms with Gasteiger partial charge in [-0.3, -0.25) is 0 Å². The molecule has 1 aliphatic heterocycles. The van der Waals surface area contributed by atoms with Crippen LogP contribution in [0.5, 0.6) is 0 Å². The molecule has 1 aliphatic rings. The van der Waals surface area contributed by atoms with Gasteiger partial charge in [0.1, 0.15) is 5.42 Å². The van der Waals surface area contributed by atoms with Crippen molar-refractivity contribution >= 4 is 28.2 Å². The Morgan fingerprint density at radius 3 is 2.90 bits per heavy atom. The van der Waals surface area contributed by atoms with E-state index in [4.69, 9.17) is 15.6 Å². The van der Waals surface area contributed by atoms with E-state index >= 15 is 0 Å². The first-order valence-electron chi connectivity index (χ1n) is 6.41. The van der Waals surface area contributed by atoms with Crippen LogP contribution in [0.2, 0.25) is 0 Å². The van der Waals surface area contributed by atoms with Gasteiger partial charge in [0, 0.05) is 11.0 Å². The molecule has 0 aliphatic carbocycles. The van der Waals surface area contributed by atoms with Gasteiger partial charge in [-0.1, -0.05) is 36.3 Å². The van der Waals surface area contributed by atoms with Gasteiger partial charge in [0.15, 0.2) is 6.61 Å². The molecule has 0 saturated heterocycles. The number of thioether (sulfide) groups is 1.